The largest absolute Gasteiger partial charge is 0.370 e. The van der Waals surface area contributed by atoms with Crippen LogP contribution in [0.25, 0.3) is 0 Å². The summed E-state index contributed by atoms with van der Waals surface area (Å²) in [6.07, 6.45) is 1.68. The lowest BCUT2D eigenvalue weighted by molar-refractivity contribution is 0.796. The first-order valence-electron chi connectivity index (χ1n) is 3.96. The second-order valence-electron chi connectivity index (χ2n) is 2.48. The van der Waals surface area contributed by atoms with Gasteiger partial charge in [-0.15, -0.1) is 6.58 Å². The van der Waals surface area contributed by atoms with Crippen LogP contribution in [0.2, 0.25) is 0 Å². The first kappa shape index (κ1) is 10.9. The summed E-state index contributed by atoms with van der Waals surface area (Å²) in [6.45, 7) is 11.8. The molecular formula is C9H17N3. The fourth-order valence-electron chi connectivity index (χ4n) is 0.822. The third-order valence-corrected chi connectivity index (χ3v) is 1.63. The van der Waals surface area contributed by atoms with Gasteiger partial charge in [-0.3, -0.25) is 0 Å². The second-order valence-corrected chi connectivity index (χ2v) is 2.48. The highest BCUT2D eigenvalue weighted by molar-refractivity contribution is 5.31. The summed E-state index contributed by atoms with van der Waals surface area (Å²) >= 11 is 0. The van der Waals surface area contributed by atoms with E-state index in [9.17, 15) is 0 Å². The van der Waals surface area contributed by atoms with E-state index in [0.29, 0.717) is 0 Å². The predicted molar refractivity (Wildman–Crippen MR) is 54.1 cm³/mol. The van der Waals surface area contributed by atoms with Crippen molar-refractivity contribution in [1.29, 1.82) is 0 Å². The maximum Gasteiger partial charge on any atom is 0.125 e. The number of nitrogens with two attached hydrogens (primary N) is 1. The third kappa shape index (κ3) is 2.88. The number of hydrogen-bond donors (Lipinski definition) is 2. The molecule has 0 fully saturated rings. The molecule has 0 saturated heterocycles. The Morgan fingerprint density at radius 3 is 2.67 bits per heavy atom. The van der Waals surface area contributed by atoms with Crippen molar-refractivity contribution in [2.75, 3.05) is 6.54 Å². The molecule has 3 N–H and O–H groups in total. The standard InChI is InChI=1S/C9H17N3/c1-5-8(10)7(3)9(11-4)12-6-2/h5,8,12H,1,4,6,10H2,2-3H3/b9-7+. The molecule has 0 aromatic heterocycles. The van der Waals surface area contributed by atoms with E-state index in [1.165, 1.54) is 0 Å². The van der Waals surface area contributed by atoms with Crippen LogP contribution in [0.15, 0.2) is 29.0 Å². The van der Waals surface area contributed by atoms with E-state index in [4.69, 9.17) is 5.73 Å². The van der Waals surface area contributed by atoms with E-state index in [-0.39, 0.29) is 6.04 Å². The minimum Gasteiger partial charge on any atom is -0.370 e. The molecule has 0 saturated carbocycles. The van der Waals surface area contributed by atoms with Gasteiger partial charge in [-0.05, 0) is 26.1 Å². The average Bonchev–Trinajstić information content (AvgIpc) is 2.11. The SMILES string of the molecule is C=CC(N)/C(C)=C(\N=C)NCC. The van der Waals surface area contributed by atoms with Gasteiger partial charge in [0.15, 0.2) is 0 Å². The van der Waals surface area contributed by atoms with Crippen molar-refractivity contribution in [3.63, 3.8) is 0 Å². The molecule has 68 valence electrons. The van der Waals surface area contributed by atoms with Crippen LogP contribution in [-0.2, 0) is 0 Å². The Morgan fingerprint density at radius 2 is 2.33 bits per heavy atom. The number of rotatable bonds is 5. The highest BCUT2D eigenvalue weighted by Crippen LogP contribution is 2.05. The van der Waals surface area contributed by atoms with Gasteiger partial charge in [-0.25, -0.2) is 4.99 Å². The highest BCUT2D eigenvalue weighted by atomic mass is 15.0. The van der Waals surface area contributed by atoms with Crippen LogP contribution in [0.4, 0.5) is 0 Å². The summed E-state index contributed by atoms with van der Waals surface area (Å²) in [4.78, 5) is 3.84. The van der Waals surface area contributed by atoms with Gasteiger partial charge in [0.05, 0.1) is 0 Å². The average molecular weight is 167 g/mol. The summed E-state index contributed by atoms with van der Waals surface area (Å²) in [5, 5.41) is 3.07. The topological polar surface area (TPSA) is 50.4 Å². The van der Waals surface area contributed by atoms with Crippen molar-refractivity contribution in [3.05, 3.63) is 24.0 Å². The Bertz CT molecular complexity index is 194. The van der Waals surface area contributed by atoms with Gasteiger partial charge >= 0.3 is 0 Å². The smallest absolute Gasteiger partial charge is 0.125 e. The minimum atomic E-state index is -0.149. The molecular weight excluding hydrogens is 150 g/mol. The first-order valence-corrected chi connectivity index (χ1v) is 3.96. The quantitative estimate of drug-likeness (QED) is 0.475. The zero-order valence-electron chi connectivity index (χ0n) is 7.80. The lowest BCUT2D eigenvalue weighted by Crippen LogP contribution is -2.23. The molecule has 1 unspecified atom stereocenters. The normalized spacial score (nSPS) is 14.6. The monoisotopic (exact) mass is 167 g/mol. The number of nitrogens with zero attached hydrogens (tertiary/aromatic N) is 1. The second kappa shape index (κ2) is 5.55. The van der Waals surface area contributed by atoms with Crippen molar-refractivity contribution in [2.24, 2.45) is 10.7 Å². The van der Waals surface area contributed by atoms with Gasteiger partial charge < -0.3 is 11.1 Å². The van der Waals surface area contributed by atoms with Gasteiger partial charge in [0.25, 0.3) is 0 Å². The predicted octanol–water partition coefficient (Wildman–Crippen LogP) is 1.04. The van der Waals surface area contributed by atoms with Crippen LogP contribution in [0.3, 0.4) is 0 Å². The lowest BCUT2D eigenvalue weighted by Gasteiger charge is -2.11. The number of hydrogen-bond acceptors (Lipinski definition) is 3. The molecule has 0 amide bonds. The van der Waals surface area contributed by atoms with Crippen LogP contribution in [0, 0.1) is 0 Å². The van der Waals surface area contributed by atoms with Gasteiger partial charge in [0.2, 0.25) is 0 Å². The molecule has 1 atom stereocenters. The summed E-state index contributed by atoms with van der Waals surface area (Å²) in [5.74, 6) is 0.755. The highest BCUT2D eigenvalue weighted by Gasteiger charge is 2.04. The molecule has 0 aliphatic carbocycles. The van der Waals surface area contributed by atoms with Gasteiger partial charge in [0.1, 0.15) is 5.82 Å². The fourth-order valence-corrected chi connectivity index (χ4v) is 0.822. The minimum absolute atomic E-state index is 0.149. The lowest BCUT2D eigenvalue weighted by atomic mass is 10.1. The Balaban J connectivity index is 4.57. The number of aliphatic imine (C=N–C) groups is 1. The molecule has 0 radical (unpaired) electrons. The zero-order chi connectivity index (χ0) is 9.56. The summed E-state index contributed by atoms with van der Waals surface area (Å²) in [5.41, 5.74) is 6.68. The van der Waals surface area contributed by atoms with E-state index < -0.39 is 0 Å². The summed E-state index contributed by atoms with van der Waals surface area (Å²) in [7, 11) is 0. The van der Waals surface area contributed by atoms with Crippen LogP contribution in [0.1, 0.15) is 13.8 Å². The molecule has 3 heteroatoms. The Kier molecular flexibility index (Phi) is 5.04. The fraction of sp³-hybridized carbons (Fsp3) is 0.444. The molecule has 0 bridgehead atoms. The molecule has 0 heterocycles. The van der Waals surface area contributed by atoms with Gasteiger partial charge in [0, 0.05) is 12.6 Å². The first-order chi connectivity index (χ1) is 5.67. The van der Waals surface area contributed by atoms with Gasteiger partial charge in [-0.1, -0.05) is 6.08 Å². The van der Waals surface area contributed by atoms with Crippen molar-refractivity contribution in [1.82, 2.24) is 5.32 Å². The van der Waals surface area contributed by atoms with E-state index in [1.807, 2.05) is 13.8 Å². The molecule has 0 aliphatic heterocycles. The van der Waals surface area contributed by atoms with Crippen LogP contribution in [-0.4, -0.2) is 19.3 Å². The molecule has 0 spiro atoms. The van der Waals surface area contributed by atoms with Crippen LogP contribution >= 0.6 is 0 Å². The van der Waals surface area contributed by atoms with Crippen LogP contribution in [0.5, 0.6) is 0 Å². The summed E-state index contributed by atoms with van der Waals surface area (Å²) < 4.78 is 0. The molecule has 12 heavy (non-hydrogen) atoms. The molecule has 0 aromatic carbocycles. The van der Waals surface area contributed by atoms with Crippen molar-refractivity contribution < 1.29 is 0 Å². The maximum atomic E-state index is 5.72. The Hall–Kier alpha value is -1.09. The van der Waals surface area contributed by atoms with Crippen molar-refractivity contribution >= 4 is 6.72 Å². The third-order valence-electron chi connectivity index (χ3n) is 1.63. The van der Waals surface area contributed by atoms with E-state index in [1.54, 1.807) is 6.08 Å². The van der Waals surface area contributed by atoms with Crippen molar-refractivity contribution in [3.8, 4) is 0 Å². The van der Waals surface area contributed by atoms with Gasteiger partial charge in [-0.2, -0.15) is 0 Å². The van der Waals surface area contributed by atoms with E-state index >= 15 is 0 Å². The summed E-state index contributed by atoms with van der Waals surface area (Å²) in [6, 6.07) is -0.149. The Morgan fingerprint density at radius 1 is 1.75 bits per heavy atom. The van der Waals surface area contributed by atoms with E-state index in [2.05, 4.69) is 23.6 Å². The zero-order valence-corrected chi connectivity index (χ0v) is 7.80. The molecule has 0 aromatic rings. The molecule has 3 nitrogen and oxygen atoms in total. The van der Waals surface area contributed by atoms with Crippen LogP contribution < -0.4 is 11.1 Å². The number of nitrogens with one attached hydrogen (secondary N) is 1. The molecule has 0 rings (SSSR count). The maximum absolute atomic E-state index is 5.72. The van der Waals surface area contributed by atoms with Crippen molar-refractivity contribution in [2.45, 2.75) is 19.9 Å². The van der Waals surface area contributed by atoms with E-state index in [0.717, 1.165) is 17.9 Å². The Labute approximate surface area is 74.1 Å². The molecule has 0 aliphatic rings.